The molecule has 0 radical (unpaired) electrons. The van der Waals surface area contributed by atoms with E-state index in [2.05, 4.69) is 26.9 Å². The van der Waals surface area contributed by atoms with Crippen LogP contribution in [0.4, 0.5) is 4.39 Å². The Morgan fingerprint density at radius 3 is 2.44 bits per heavy atom. The average molecular weight is 367 g/mol. The molecule has 2 fully saturated rings. The van der Waals surface area contributed by atoms with E-state index in [0.717, 1.165) is 50.9 Å². The fraction of sp³-hybridized carbons (Fsp3) is 0.455. The van der Waals surface area contributed by atoms with E-state index in [1.54, 1.807) is 12.1 Å². The van der Waals surface area contributed by atoms with Crippen LogP contribution in [0, 0.1) is 5.82 Å². The summed E-state index contributed by atoms with van der Waals surface area (Å²) in [6.07, 6.45) is 8.40. The molecule has 4 rings (SSSR count). The van der Waals surface area contributed by atoms with Gasteiger partial charge < -0.3 is 4.90 Å². The van der Waals surface area contributed by atoms with E-state index in [4.69, 9.17) is 0 Å². The first kappa shape index (κ1) is 18.1. The van der Waals surface area contributed by atoms with E-state index in [0.29, 0.717) is 13.0 Å². The molecule has 0 saturated carbocycles. The van der Waals surface area contributed by atoms with Crippen LogP contribution in [-0.4, -0.2) is 39.3 Å². The van der Waals surface area contributed by atoms with Gasteiger partial charge in [-0.3, -0.25) is 14.7 Å². The quantitative estimate of drug-likeness (QED) is 0.825. The molecule has 0 bridgehead atoms. The lowest BCUT2D eigenvalue weighted by Gasteiger charge is -2.38. The Kier molecular flexibility index (Phi) is 5.21. The molecule has 2 aliphatic rings. The van der Waals surface area contributed by atoms with Crippen molar-refractivity contribution < 1.29 is 9.18 Å². The molecule has 4 nitrogen and oxygen atoms in total. The largest absolute Gasteiger partial charge is 0.333 e. The van der Waals surface area contributed by atoms with Gasteiger partial charge in [0.05, 0.1) is 0 Å². The number of carbonyl (C=O) groups excluding carboxylic acids is 1. The maximum Gasteiger partial charge on any atom is 0.223 e. The first-order valence-corrected chi connectivity index (χ1v) is 9.81. The number of amides is 1. The van der Waals surface area contributed by atoms with Crippen molar-refractivity contribution in [3.05, 3.63) is 65.7 Å². The van der Waals surface area contributed by atoms with E-state index >= 15 is 0 Å². The zero-order valence-electron chi connectivity index (χ0n) is 15.6. The maximum absolute atomic E-state index is 13.2. The average Bonchev–Trinajstić information content (AvgIpc) is 2.85. The van der Waals surface area contributed by atoms with Gasteiger partial charge in [0.1, 0.15) is 5.82 Å². The molecule has 1 aromatic heterocycles. The standard InChI is InChI=1S/C22H26FN3O/c23-20-4-2-18(3-5-20)17-26-21(27)6-10-22(26)9-1-14-25(15-11-22)16-19-7-12-24-13-8-19/h2-5,7-8,12-13H,1,6,9-11,14-17H2/t22-/m0/s1. The first-order chi connectivity index (χ1) is 13.1. The molecule has 1 atom stereocenters. The van der Waals surface area contributed by atoms with Gasteiger partial charge >= 0.3 is 0 Å². The highest BCUT2D eigenvalue weighted by Gasteiger charge is 2.45. The van der Waals surface area contributed by atoms with Crippen molar-refractivity contribution in [2.75, 3.05) is 13.1 Å². The monoisotopic (exact) mass is 367 g/mol. The number of halogens is 1. The predicted molar refractivity (Wildman–Crippen MR) is 102 cm³/mol. The molecule has 1 spiro atoms. The van der Waals surface area contributed by atoms with Crippen LogP contribution in [0.1, 0.15) is 43.2 Å². The Morgan fingerprint density at radius 1 is 0.926 bits per heavy atom. The first-order valence-electron chi connectivity index (χ1n) is 9.81. The van der Waals surface area contributed by atoms with Gasteiger partial charge in [-0.05, 0) is 67.6 Å². The fourth-order valence-electron chi connectivity index (χ4n) is 4.56. The van der Waals surface area contributed by atoms with Gasteiger partial charge in [0.15, 0.2) is 0 Å². The number of carbonyl (C=O) groups is 1. The topological polar surface area (TPSA) is 36.4 Å². The number of pyridine rings is 1. The molecule has 0 N–H and O–H groups in total. The highest BCUT2D eigenvalue weighted by Crippen LogP contribution is 2.40. The zero-order valence-corrected chi connectivity index (χ0v) is 15.6. The molecule has 2 aromatic rings. The lowest BCUT2D eigenvalue weighted by atomic mass is 9.87. The molecule has 1 amide bonds. The lowest BCUT2D eigenvalue weighted by molar-refractivity contribution is -0.132. The van der Waals surface area contributed by atoms with Crippen molar-refractivity contribution in [1.29, 1.82) is 0 Å². The number of benzene rings is 1. The molecule has 3 heterocycles. The molecule has 1 aromatic carbocycles. The Morgan fingerprint density at radius 2 is 1.67 bits per heavy atom. The molecule has 0 unspecified atom stereocenters. The second-order valence-corrected chi connectivity index (χ2v) is 7.82. The highest BCUT2D eigenvalue weighted by molar-refractivity contribution is 5.79. The Bertz CT molecular complexity index is 780. The van der Waals surface area contributed by atoms with Crippen molar-refractivity contribution in [2.45, 2.75) is 50.7 Å². The summed E-state index contributed by atoms with van der Waals surface area (Å²) in [4.78, 5) is 21.3. The minimum Gasteiger partial charge on any atom is -0.333 e. The number of hydrogen-bond donors (Lipinski definition) is 0. The number of rotatable bonds is 4. The zero-order chi connectivity index (χ0) is 18.7. The summed E-state index contributed by atoms with van der Waals surface area (Å²) in [5, 5.41) is 0. The van der Waals surface area contributed by atoms with Crippen LogP contribution in [0.5, 0.6) is 0 Å². The van der Waals surface area contributed by atoms with Gasteiger partial charge in [-0.25, -0.2) is 4.39 Å². The van der Waals surface area contributed by atoms with E-state index in [1.165, 1.54) is 17.7 Å². The summed E-state index contributed by atoms with van der Waals surface area (Å²) >= 11 is 0. The third-order valence-corrected chi connectivity index (χ3v) is 6.10. The Balaban J connectivity index is 1.46. The Labute approximate surface area is 160 Å². The third kappa shape index (κ3) is 4.03. The lowest BCUT2D eigenvalue weighted by Crippen LogP contribution is -2.45. The maximum atomic E-state index is 13.2. The second kappa shape index (κ2) is 7.77. The van der Waals surface area contributed by atoms with Crippen molar-refractivity contribution in [2.24, 2.45) is 0 Å². The molecule has 5 heteroatoms. The van der Waals surface area contributed by atoms with Crippen LogP contribution < -0.4 is 0 Å². The highest BCUT2D eigenvalue weighted by atomic mass is 19.1. The van der Waals surface area contributed by atoms with Crippen molar-refractivity contribution in [3.8, 4) is 0 Å². The van der Waals surface area contributed by atoms with Crippen LogP contribution in [-0.2, 0) is 17.9 Å². The summed E-state index contributed by atoms with van der Waals surface area (Å²) < 4.78 is 13.2. The van der Waals surface area contributed by atoms with E-state index in [1.807, 2.05) is 12.4 Å². The number of hydrogen-bond acceptors (Lipinski definition) is 3. The minimum atomic E-state index is -0.234. The van der Waals surface area contributed by atoms with Crippen LogP contribution in [0.3, 0.4) is 0 Å². The molecular weight excluding hydrogens is 341 g/mol. The van der Waals surface area contributed by atoms with Crippen molar-refractivity contribution in [3.63, 3.8) is 0 Å². The summed E-state index contributed by atoms with van der Waals surface area (Å²) in [5.74, 6) is 0.00402. The van der Waals surface area contributed by atoms with Gasteiger partial charge in [0.25, 0.3) is 0 Å². The summed E-state index contributed by atoms with van der Waals surface area (Å²) in [6.45, 7) is 3.58. The van der Waals surface area contributed by atoms with Gasteiger partial charge in [-0.15, -0.1) is 0 Å². The number of nitrogens with zero attached hydrogens (tertiary/aromatic N) is 3. The summed E-state index contributed by atoms with van der Waals surface area (Å²) in [7, 11) is 0. The molecule has 142 valence electrons. The van der Waals surface area contributed by atoms with E-state index in [-0.39, 0.29) is 17.3 Å². The van der Waals surface area contributed by atoms with Crippen molar-refractivity contribution >= 4 is 5.91 Å². The molecule has 27 heavy (non-hydrogen) atoms. The molecule has 2 aliphatic heterocycles. The second-order valence-electron chi connectivity index (χ2n) is 7.82. The summed E-state index contributed by atoms with van der Waals surface area (Å²) in [6, 6.07) is 10.7. The van der Waals surface area contributed by atoms with Gasteiger partial charge in [0.2, 0.25) is 5.91 Å². The number of aromatic nitrogens is 1. The van der Waals surface area contributed by atoms with E-state index in [9.17, 15) is 9.18 Å². The fourth-order valence-corrected chi connectivity index (χ4v) is 4.56. The number of likely N-dealkylation sites (tertiary alicyclic amines) is 2. The van der Waals surface area contributed by atoms with Crippen LogP contribution in [0.25, 0.3) is 0 Å². The summed E-state index contributed by atoms with van der Waals surface area (Å²) in [5.41, 5.74) is 2.24. The molecule has 0 aliphatic carbocycles. The molecular formula is C22H26FN3O. The molecule has 2 saturated heterocycles. The SMILES string of the molecule is O=C1CC[C@]2(CCCN(Cc3ccncc3)CC2)N1Cc1ccc(F)cc1. The van der Waals surface area contributed by atoms with Gasteiger partial charge in [0, 0.05) is 44.0 Å². The van der Waals surface area contributed by atoms with Crippen LogP contribution >= 0.6 is 0 Å². The predicted octanol–water partition coefficient (Wildman–Crippen LogP) is 3.77. The Hall–Kier alpha value is -2.27. The van der Waals surface area contributed by atoms with Gasteiger partial charge in [-0.2, -0.15) is 0 Å². The van der Waals surface area contributed by atoms with Gasteiger partial charge in [-0.1, -0.05) is 12.1 Å². The van der Waals surface area contributed by atoms with Crippen LogP contribution in [0.2, 0.25) is 0 Å². The third-order valence-electron chi connectivity index (χ3n) is 6.10. The smallest absolute Gasteiger partial charge is 0.223 e. The van der Waals surface area contributed by atoms with E-state index < -0.39 is 0 Å². The minimum absolute atomic E-state index is 0.0432. The normalized spacial score (nSPS) is 23.7. The van der Waals surface area contributed by atoms with Crippen molar-refractivity contribution in [1.82, 2.24) is 14.8 Å². The van der Waals surface area contributed by atoms with Crippen LogP contribution in [0.15, 0.2) is 48.8 Å².